The van der Waals surface area contributed by atoms with E-state index in [1.54, 1.807) is 24.3 Å². The number of hydrogen-bond acceptors (Lipinski definition) is 7. The second kappa shape index (κ2) is 13.1. The number of methoxy groups -OCH3 is 1. The number of ether oxygens (including phenoxy) is 1. The number of hydrogen-bond donors (Lipinski definition) is 2. The highest BCUT2D eigenvalue weighted by atomic mass is 79.9. The third kappa shape index (κ3) is 7.80. The van der Waals surface area contributed by atoms with Crippen LogP contribution in [0.2, 0.25) is 0 Å². The Labute approximate surface area is 218 Å². The number of halogens is 1. The van der Waals surface area contributed by atoms with Crippen molar-refractivity contribution in [2.24, 2.45) is 11.8 Å². The number of alkyl carbamates (subject to hydrolysis) is 1. The van der Waals surface area contributed by atoms with Crippen LogP contribution < -0.4 is 10.9 Å². The summed E-state index contributed by atoms with van der Waals surface area (Å²) < 4.78 is 10.9. The first-order valence-corrected chi connectivity index (χ1v) is 13.3. The number of allylic oxidation sites excluding steroid dienone is 1. The molecule has 0 saturated heterocycles. The first-order chi connectivity index (χ1) is 16.5. The molecule has 0 radical (unpaired) electrons. The Bertz CT molecular complexity index is 1120. The number of Topliss-reactive ketones (excluding diaryl/α,β-unsaturated/α-hetero) is 1. The number of nitrogens with one attached hydrogen (secondary N) is 1. The fourth-order valence-electron chi connectivity index (χ4n) is 3.59. The topological polar surface area (TPSA) is 106 Å². The Balaban J connectivity index is 2.13. The predicted octanol–water partition coefficient (Wildman–Crippen LogP) is 6.74. The van der Waals surface area contributed by atoms with Crippen LogP contribution in [0, 0.1) is 11.8 Å². The molecule has 0 spiro atoms. The largest absolute Gasteiger partial charge is 0.507 e. The lowest BCUT2D eigenvalue weighted by atomic mass is 9.87. The molecule has 1 amide bonds. The highest BCUT2D eigenvalue weighted by Gasteiger charge is 2.30. The second-order valence-corrected chi connectivity index (χ2v) is 11.2. The summed E-state index contributed by atoms with van der Waals surface area (Å²) >= 11 is 5.28. The fraction of sp³-hybridized carbons (Fsp3) is 0.500. The highest BCUT2D eigenvalue weighted by molar-refractivity contribution is 9.10. The zero-order valence-electron chi connectivity index (χ0n) is 21.0. The standard InChI is InChI=1S/C26H34BrNO6S/c1-14(2)11-22-18(27)12-21(35-22)16(4)17(5)24(30)23-19(29)13-20(34-25(23)31)15(3)9-7-8-10-28-26(32)33-6/h8,10,12-17,29H,7,9,11H2,1-6H3,(H,28,32)/b10-8+. The predicted molar refractivity (Wildman–Crippen MR) is 141 cm³/mol. The van der Waals surface area contributed by atoms with Gasteiger partial charge in [-0.05, 0) is 47.2 Å². The van der Waals surface area contributed by atoms with Crippen LogP contribution in [-0.4, -0.2) is 24.1 Å². The second-order valence-electron chi connectivity index (χ2n) is 9.17. The summed E-state index contributed by atoms with van der Waals surface area (Å²) in [6, 6.07) is 3.40. The fourth-order valence-corrected chi connectivity index (χ4v) is 5.81. The molecular weight excluding hydrogens is 534 g/mol. The normalized spacial score (nSPS) is 14.2. The van der Waals surface area contributed by atoms with E-state index in [0.717, 1.165) is 15.8 Å². The third-order valence-electron chi connectivity index (χ3n) is 5.94. The molecule has 2 rings (SSSR count). The van der Waals surface area contributed by atoms with Gasteiger partial charge < -0.3 is 14.3 Å². The van der Waals surface area contributed by atoms with E-state index in [1.165, 1.54) is 24.3 Å². The van der Waals surface area contributed by atoms with E-state index < -0.39 is 23.4 Å². The summed E-state index contributed by atoms with van der Waals surface area (Å²) in [7, 11) is 1.28. The first-order valence-electron chi connectivity index (χ1n) is 11.6. The lowest BCUT2D eigenvalue weighted by Crippen LogP contribution is -2.24. The molecule has 7 nitrogen and oxygen atoms in total. The molecule has 2 aromatic heterocycles. The molecule has 0 fully saturated rings. The lowest BCUT2D eigenvalue weighted by Gasteiger charge is -2.18. The van der Waals surface area contributed by atoms with Crippen LogP contribution in [0.25, 0.3) is 0 Å². The van der Waals surface area contributed by atoms with E-state index in [2.05, 4.69) is 39.8 Å². The van der Waals surface area contributed by atoms with Gasteiger partial charge in [-0.2, -0.15) is 0 Å². The molecule has 0 saturated carbocycles. The van der Waals surface area contributed by atoms with Crippen molar-refractivity contribution in [2.75, 3.05) is 7.11 Å². The van der Waals surface area contributed by atoms with Gasteiger partial charge in [-0.3, -0.25) is 10.1 Å². The number of carbonyl (C=O) groups excluding carboxylic acids is 2. The number of carbonyl (C=O) groups is 2. The molecule has 2 N–H and O–H groups in total. The minimum atomic E-state index is -0.827. The number of amides is 1. The van der Waals surface area contributed by atoms with Crippen molar-refractivity contribution >= 4 is 39.1 Å². The summed E-state index contributed by atoms with van der Waals surface area (Å²) in [5.41, 5.74) is -1.13. The van der Waals surface area contributed by atoms with E-state index in [4.69, 9.17) is 4.42 Å². The minimum absolute atomic E-state index is 0.132. The summed E-state index contributed by atoms with van der Waals surface area (Å²) in [6.45, 7) is 9.90. The van der Waals surface area contributed by atoms with Crippen molar-refractivity contribution in [3.05, 3.63) is 60.4 Å². The van der Waals surface area contributed by atoms with Crippen LogP contribution in [-0.2, 0) is 11.2 Å². The molecular formula is C26H34BrNO6S. The molecule has 9 heteroatoms. The molecule has 2 aromatic rings. The van der Waals surface area contributed by atoms with Gasteiger partial charge in [0.2, 0.25) is 0 Å². The van der Waals surface area contributed by atoms with Gasteiger partial charge in [0.15, 0.2) is 5.78 Å². The Morgan fingerprint density at radius 2 is 1.91 bits per heavy atom. The van der Waals surface area contributed by atoms with Gasteiger partial charge in [-0.15, -0.1) is 11.3 Å². The Morgan fingerprint density at radius 1 is 1.23 bits per heavy atom. The summed E-state index contributed by atoms with van der Waals surface area (Å²) in [5, 5.41) is 13.0. The van der Waals surface area contributed by atoms with Gasteiger partial charge in [0.1, 0.15) is 17.1 Å². The molecule has 0 bridgehead atoms. The van der Waals surface area contributed by atoms with Gasteiger partial charge in [0.05, 0.1) is 7.11 Å². The van der Waals surface area contributed by atoms with Crippen molar-refractivity contribution in [3.8, 4) is 5.75 Å². The van der Waals surface area contributed by atoms with E-state index >= 15 is 0 Å². The highest BCUT2D eigenvalue weighted by Crippen LogP contribution is 2.38. The van der Waals surface area contributed by atoms with E-state index in [-0.39, 0.29) is 23.1 Å². The molecule has 3 atom stereocenters. The van der Waals surface area contributed by atoms with Crippen LogP contribution in [0.15, 0.2) is 38.1 Å². The summed E-state index contributed by atoms with van der Waals surface area (Å²) in [5.74, 6) is -0.802. The van der Waals surface area contributed by atoms with E-state index in [1.807, 2.05) is 19.9 Å². The molecule has 192 valence electrons. The molecule has 2 heterocycles. The Kier molecular flexibility index (Phi) is 10.8. The van der Waals surface area contributed by atoms with E-state index in [9.17, 15) is 19.5 Å². The van der Waals surface area contributed by atoms with Crippen molar-refractivity contribution in [1.82, 2.24) is 5.32 Å². The average Bonchev–Trinajstić information content (AvgIpc) is 3.16. The van der Waals surface area contributed by atoms with Crippen LogP contribution in [0.1, 0.15) is 85.2 Å². The first kappa shape index (κ1) is 28.8. The third-order valence-corrected chi connectivity index (χ3v) is 8.26. The molecule has 0 aliphatic rings. The Morgan fingerprint density at radius 3 is 2.51 bits per heavy atom. The van der Waals surface area contributed by atoms with Crippen LogP contribution in [0.4, 0.5) is 4.79 Å². The molecule has 0 aromatic carbocycles. The van der Waals surface area contributed by atoms with Crippen molar-refractivity contribution in [2.45, 2.75) is 65.7 Å². The van der Waals surface area contributed by atoms with Crippen molar-refractivity contribution in [3.63, 3.8) is 0 Å². The molecule has 3 unspecified atom stereocenters. The maximum absolute atomic E-state index is 13.2. The smallest absolute Gasteiger partial charge is 0.410 e. The quantitative estimate of drug-likeness (QED) is 0.291. The van der Waals surface area contributed by atoms with Crippen molar-refractivity contribution < 1.29 is 23.8 Å². The maximum atomic E-state index is 13.2. The van der Waals surface area contributed by atoms with Crippen molar-refractivity contribution in [1.29, 1.82) is 0 Å². The number of rotatable bonds is 11. The number of ketones is 1. The SMILES string of the molecule is COC(=O)N/C=C/CCC(C)c1cc(O)c(C(=O)C(C)C(C)c2cc(Br)c(CC(C)C)s2)c(=O)o1. The zero-order valence-corrected chi connectivity index (χ0v) is 23.4. The average molecular weight is 569 g/mol. The van der Waals surface area contributed by atoms with Crippen LogP contribution in [0.5, 0.6) is 5.75 Å². The van der Waals surface area contributed by atoms with Crippen LogP contribution in [0.3, 0.4) is 0 Å². The molecule has 35 heavy (non-hydrogen) atoms. The summed E-state index contributed by atoms with van der Waals surface area (Å²) in [6.07, 6.45) is 4.82. The Hall–Kier alpha value is -2.39. The van der Waals surface area contributed by atoms with Gasteiger partial charge in [0.25, 0.3) is 0 Å². The van der Waals surface area contributed by atoms with E-state index in [0.29, 0.717) is 24.5 Å². The van der Waals surface area contributed by atoms with Gasteiger partial charge in [-0.25, -0.2) is 9.59 Å². The number of thiophene rings is 1. The zero-order chi connectivity index (χ0) is 26.3. The minimum Gasteiger partial charge on any atom is -0.507 e. The lowest BCUT2D eigenvalue weighted by molar-refractivity contribution is 0.0908. The van der Waals surface area contributed by atoms with Crippen LogP contribution >= 0.6 is 27.3 Å². The monoisotopic (exact) mass is 567 g/mol. The van der Waals surface area contributed by atoms with Gasteiger partial charge in [-0.1, -0.05) is 40.7 Å². The number of aromatic hydroxyl groups is 1. The maximum Gasteiger partial charge on any atom is 0.410 e. The van der Waals surface area contributed by atoms with Gasteiger partial charge in [0, 0.05) is 44.2 Å². The summed E-state index contributed by atoms with van der Waals surface area (Å²) in [4.78, 5) is 39.2. The molecule has 0 aliphatic carbocycles. The molecule has 0 aliphatic heterocycles. The van der Waals surface area contributed by atoms with Gasteiger partial charge >= 0.3 is 11.7 Å².